The van der Waals surface area contributed by atoms with E-state index in [1.807, 2.05) is 58.0 Å². The van der Waals surface area contributed by atoms with E-state index in [1.54, 1.807) is 11.9 Å². The maximum Gasteiger partial charge on any atom is 0.410 e. The van der Waals surface area contributed by atoms with Crippen LogP contribution in [-0.2, 0) is 16.0 Å². The van der Waals surface area contributed by atoms with Crippen molar-refractivity contribution in [2.75, 3.05) is 39.8 Å². The highest BCUT2D eigenvalue weighted by atomic mass is 19.1. The van der Waals surface area contributed by atoms with Gasteiger partial charge in [0.2, 0.25) is 5.91 Å². The molecule has 1 aliphatic carbocycles. The molecule has 2 aliphatic heterocycles. The van der Waals surface area contributed by atoms with E-state index in [2.05, 4.69) is 27.6 Å². The largest absolute Gasteiger partial charge is 0.444 e. The maximum absolute atomic E-state index is 14.5. The Labute approximate surface area is 261 Å². The number of likely N-dealkylation sites (tertiary alicyclic amines) is 2. The fraction of sp³-hybridized carbons (Fsp3) is 0.629. The molecule has 4 heterocycles. The molecule has 0 N–H and O–H groups in total. The van der Waals surface area contributed by atoms with E-state index in [4.69, 9.17) is 4.74 Å². The zero-order valence-electron chi connectivity index (χ0n) is 27.6. The minimum atomic E-state index is -0.625. The van der Waals surface area contributed by atoms with E-state index in [9.17, 15) is 14.0 Å². The fourth-order valence-electron chi connectivity index (χ4n) is 7.02. The van der Waals surface area contributed by atoms with E-state index in [0.717, 1.165) is 69.5 Å². The second-order valence-corrected chi connectivity index (χ2v) is 14.4. The Morgan fingerprint density at radius 3 is 2.50 bits per heavy atom. The summed E-state index contributed by atoms with van der Waals surface area (Å²) in [6, 6.07) is -0.302. The minimum absolute atomic E-state index is 0.0224. The predicted molar refractivity (Wildman–Crippen MR) is 172 cm³/mol. The van der Waals surface area contributed by atoms with Gasteiger partial charge in [-0.1, -0.05) is 6.08 Å². The molecule has 240 valence electrons. The van der Waals surface area contributed by atoms with Crippen molar-refractivity contribution in [1.82, 2.24) is 24.3 Å². The second-order valence-electron chi connectivity index (χ2n) is 14.4. The van der Waals surface area contributed by atoms with Crippen LogP contribution in [0.25, 0.3) is 10.9 Å². The Kier molecular flexibility index (Phi) is 9.54. The number of aromatic nitrogens is 2. The van der Waals surface area contributed by atoms with Crippen LogP contribution >= 0.6 is 0 Å². The van der Waals surface area contributed by atoms with Gasteiger partial charge < -0.3 is 24.0 Å². The molecule has 9 heteroatoms. The molecule has 0 bridgehead atoms. The molecular formula is C35H50FN5O3. The van der Waals surface area contributed by atoms with Crippen molar-refractivity contribution in [2.24, 2.45) is 17.8 Å². The number of halogens is 1. The number of aryl methyl sites for hydroxylation is 1. The number of carbonyl (C=O) groups excluding carboxylic acids is 2. The molecule has 3 aliphatic rings. The maximum atomic E-state index is 14.5. The van der Waals surface area contributed by atoms with Crippen LogP contribution in [0.3, 0.4) is 0 Å². The van der Waals surface area contributed by atoms with Crippen molar-refractivity contribution in [3.63, 3.8) is 0 Å². The number of piperidine rings is 1. The van der Waals surface area contributed by atoms with Crippen LogP contribution in [0.2, 0.25) is 0 Å². The van der Waals surface area contributed by atoms with E-state index in [0.29, 0.717) is 11.8 Å². The molecule has 5 rings (SSSR count). The van der Waals surface area contributed by atoms with Crippen molar-refractivity contribution in [3.05, 3.63) is 53.8 Å². The summed E-state index contributed by atoms with van der Waals surface area (Å²) < 4.78 is 22.2. The third-order valence-corrected chi connectivity index (χ3v) is 9.56. The zero-order chi connectivity index (χ0) is 31.8. The molecule has 2 unspecified atom stereocenters. The zero-order valence-corrected chi connectivity index (χ0v) is 27.6. The van der Waals surface area contributed by atoms with Crippen LogP contribution in [-0.4, -0.2) is 87.7 Å². The van der Waals surface area contributed by atoms with E-state index < -0.39 is 11.5 Å². The number of hydrogen-bond donors (Lipinski definition) is 0. The summed E-state index contributed by atoms with van der Waals surface area (Å²) in [5, 5.41) is 1.19. The summed E-state index contributed by atoms with van der Waals surface area (Å²) in [6.45, 7) is 16.5. The molecular weight excluding hydrogens is 557 g/mol. The highest BCUT2D eigenvalue weighted by Crippen LogP contribution is 2.37. The van der Waals surface area contributed by atoms with Gasteiger partial charge in [0.25, 0.3) is 0 Å². The average molecular weight is 608 g/mol. The van der Waals surface area contributed by atoms with Crippen LogP contribution in [0.15, 0.2) is 42.6 Å². The number of rotatable bonds is 7. The lowest BCUT2D eigenvalue weighted by atomic mass is 9.92. The first-order chi connectivity index (χ1) is 20.8. The van der Waals surface area contributed by atoms with Gasteiger partial charge in [-0.15, -0.1) is 0 Å². The highest BCUT2D eigenvalue weighted by molar-refractivity contribution is 5.88. The van der Waals surface area contributed by atoms with Crippen molar-refractivity contribution >= 4 is 22.9 Å². The van der Waals surface area contributed by atoms with Gasteiger partial charge in [-0.2, -0.15) is 0 Å². The smallest absolute Gasteiger partial charge is 0.410 e. The number of ether oxygens (including phenoxy) is 1. The van der Waals surface area contributed by atoms with Crippen LogP contribution in [0.4, 0.5) is 9.18 Å². The summed E-state index contributed by atoms with van der Waals surface area (Å²) in [5.74, 6) is 0.0427. The third-order valence-electron chi connectivity index (χ3n) is 9.56. The van der Waals surface area contributed by atoms with Crippen molar-refractivity contribution < 1.29 is 18.7 Å². The summed E-state index contributed by atoms with van der Waals surface area (Å²) in [4.78, 5) is 36.6. The molecule has 2 aromatic heterocycles. The van der Waals surface area contributed by atoms with Gasteiger partial charge in [0.1, 0.15) is 11.4 Å². The SMILES string of the molecule is Cc1cncc2c1c(C[C@H]1CCN(CC3CCN(C(=O)OC(C)(C)C)CC3)C1)cn2C1C=CC(F)=CC1C(=O)N(C)C(C)C. The first-order valence-corrected chi connectivity index (χ1v) is 16.3. The number of allylic oxidation sites excluding steroid dienone is 3. The van der Waals surface area contributed by atoms with E-state index in [-0.39, 0.29) is 29.9 Å². The Morgan fingerprint density at radius 1 is 1.11 bits per heavy atom. The lowest BCUT2D eigenvalue weighted by molar-refractivity contribution is -0.135. The van der Waals surface area contributed by atoms with E-state index in [1.165, 1.54) is 23.1 Å². The number of hydrogen-bond acceptors (Lipinski definition) is 5. The number of pyridine rings is 1. The van der Waals surface area contributed by atoms with Gasteiger partial charge in [0.15, 0.2) is 0 Å². The molecule has 2 amide bonds. The summed E-state index contributed by atoms with van der Waals surface area (Å²) in [6.07, 6.45) is 14.7. The molecule has 2 aromatic rings. The minimum Gasteiger partial charge on any atom is -0.444 e. The third kappa shape index (κ3) is 7.19. The summed E-state index contributed by atoms with van der Waals surface area (Å²) in [5.41, 5.74) is 2.91. The standard InChI is InChI=1S/C35H50FN5O3/c1-23(2)38(7)33(42)29-17-28(36)8-9-30(29)41-22-27(32-24(3)18-37-19-31(32)41)16-26-10-13-39(21-26)20-25-11-14-40(15-12-25)34(43)44-35(4,5)6/h8-9,17-19,22-23,25-26,29-30H,10-16,20-21H2,1-7H3/t26-,29?,30?/m1/s1. The molecule has 44 heavy (non-hydrogen) atoms. The summed E-state index contributed by atoms with van der Waals surface area (Å²) >= 11 is 0. The quantitative estimate of drug-likeness (QED) is 0.369. The Balaban J connectivity index is 1.26. The Hall–Kier alpha value is -3.20. The first-order valence-electron chi connectivity index (χ1n) is 16.3. The number of nitrogens with zero attached hydrogens (tertiary/aromatic N) is 5. The van der Waals surface area contributed by atoms with Crippen LogP contribution in [0.1, 0.15) is 71.0 Å². The first kappa shape index (κ1) is 32.2. The van der Waals surface area contributed by atoms with E-state index >= 15 is 0 Å². The predicted octanol–water partition coefficient (Wildman–Crippen LogP) is 6.30. The van der Waals surface area contributed by atoms with Crippen molar-refractivity contribution in [1.29, 1.82) is 0 Å². The lowest BCUT2D eigenvalue weighted by Crippen LogP contribution is -2.43. The number of fused-ring (bicyclic) bond motifs is 1. The molecule has 0 saturated carbocycles. The van der Waals surface area contributed by atoms with Crippen LogP contribution < -0.4 is 0 Å². The van der Waals surface area contributed by atoms with Gasteiger partial charge in [-0.25, -0.2) is 9.18 Å². The van der Waals surface area contributed by atoms with Gasteiger partial charge in [-0.05, 0) is 109 Å². The van der Waals surface area contributed by atoms with Gasteiger partial charge >= 0.3 is 6.09 Å². The van der Waals surface area contributed by atoms with Crippen LogP contribution in [0, 0.1) is 24.7 Å². The lowest BCUT2D eigenvalue weighted by Gasteiger charge is -2.34. The van der Waals surface area contributed by atoms with Crippen LogP contribution in [0.5, 0.6) is 0 Å². The average Bonchev–Trinajstić information content (AvgIpc) is 3.56. The molecule has 0 radical (unpaired) electrons. The summed E-state index contributed by atoms with van der Waals surface area (Å²) in [7, 11) is 1.79. The number of amides is 2. The molecule has 3 atom stereocenters. The van der Waals surface area contributed by atoms with Gasteiger partial charge in [0, 0.05) is 57.0 Å². The fourth-order valence-corrected chi connectivity index (χ4v) is 7.02. The number of carbonyl (C=O) groups is 2. The monoisotopic (exact) mass is 607 g/mol. The van der Waals surface area contributed by atoms with Crippen molar-refractivity contribution in [2.45, 2.75) is 84.9 Å². The molecule has 0 spiro atoms. The highest BCUT2D eigenvalue weighted by Gasteiger charge is 2.34. The van der Waals surface area contributed by atoms with Gasteiger partial charge in [0.05, 0.1) is 23.7 Å². The Bertz CT molecular complexity index is 1420. The Morgan fingerprint density at radius 2 is 1.82 bits per heavy atom. The normalized spacial score (nSPS) is 23.4. The van der Waals surface area contributed by atoms with Crippen molar-refractivity contribution in [3.8, 4) is 0 Å². The second kappa shape index (κ2) is 13.0. The molecule has 2 saturated heterocycles. The molecule has 0 aromatic carbocycles. The molecule has 2 fully saturated rings. The van der Waals surface area contributed by atoms with Gasteiger partial charge in [-0.3, -0.25) is 9.78 Å². The molecule has 8 nitrogen and oxygen atoms in total. The topological polar surface area (TPSA) is 70.9 Å².